The van der Waals surface area contributed by atoms with Crippen LogP contribution in [0.25, 0.3) is 0 Å². The maximum absolute atomic E-state index is 13.4. The second-order valence-corrected chi connectivity index (χ2v) is 9.25. The van der Waals surface area contributed by atoms with Crippen LogP contribution >= 0.6 is 0 Å². The summed E-state index contributed by atoms with van der Waals surface area (Å²) in [6.07, 6.45) is 1.97. The fourth-order valence-corrected chi connectivity index (χ4v) is 4.81. The van der Waals surface area contributed by atoms with Crippen molar-refractivity contribution in [3.63, 3.8) is 0 Å². The molecule has 0 spiro atoms. The molecule has 0 unspecified atom stereocenters. The second-order valence-electron chi connectivity index (χ2n) is 7.39. The summed E-state index contributed by atoms with van der Waals surface area (Å²) in [5.41, 5.74) is 1.20. The zero-order valence-corrected chi connectivity index (χ0v) is 17.0. The Kier molecular flexibility index (Phi) is 6.03. The molecule has 0 saturated carbocycles. The van der Waals surface area contributed by atoms with Crippen LogP contribution in [0.3, 0.4) is 0 Å². The first-order valence-corrected chi connectivity index (χ1v) is 10.8. The predicted molar refractivity (Wildman–Crippen MR) is 107 cm³/mol. The summed E-state index contributed by atoms with van der Waals surface area (Å²) in [4.78, 5) is 14.7. The smallest absolute Gasteiger partial charge is 0.264 e. The lowest BCUT2D eigenvalue weighted by Gasteiger charge is -2.33. The van der Waals surface area contributed by atoms with Gasteiger partial charge in [-0.2, -0.15) is 0 Å². The predicted octanol–water partition coefficient (Wildman–Crippen LogP) is 3.59. The summed E-state index contributed by atoms with van der Waals surface area (Å²) < 4.78 is 41.0. The average molecular weight is 405 g/mol. The van der Waals surface area contributed by atoms with Crippen LogP contribution in [0.1, 0.15) is 25.3 Å². The van der Waals surface area contributed by atoms with Crippen molar-refractivity contribution < 1.29 is 17.6 Å². The van der Waals surface area contributed by atoms with Crippen molar-refractivity contribution in [3.05, 3.63) is 59.9 Å². The molecule has 1 aliphatic heterocycles. The zero-order valence-electron chi connectivity index (χ0n) is 16.1. The van der Waals surface area contributed by atoms with E-state index >= 15 is 0 Å². The summed E-state index contributed by atoms with van der Waals surface area (Å²) in [7, 11) is -3.97. The van der Waals surface area contributed by atoms with Crippen LogP contribution in [-0.2, 0) is 14.8 Å². The number of hydrogen-bond acceptors (Lipinski definition) is 3. The summed E-state index contributed by atoms with van der Waals surface area (Å²) in [6.45, 7) is 4.90. The quantitative estimate of drug-likeness (QED) is 0.765. The molecule has 0 aliphatic carbocycles. The number of carbonyl (C=O) groups excluding carboxylic acids is 1. The molecule has 2 aromatic carbocycles. The van der Waals surface area contributed by atoms with Gasteiger partial charge in [0.05, 0.1) is 10.6 Å². The highest BCUT2D eigenvalue weighted by atomic mass is 32.2. The number of halogens is 1. The molecule has 7 heteroatoms. The summed E-state index contributed by atoms with van der Waals surface area (Å²) in [5, 5.41) is 0. The number of hydrogen-bond donors (Lipinski definition) is 0. The summed E-state index contributed by atoms with van der Waals surface area (Å²) >= 11 is 0. The molecule has 0 radical (unpaired) electrons. The normalized spacial score (nSPS) is 17.4. The molecule has 28 heavy (non-hydrogen) atoms. The van der Waals surface area contributed by atoms with Crippen molar-refractivity contribution in [3.8, 4) is 0 Å². The van der Waals surface area contributed by atoms with E-state index in [0.29, 0.717) is 19.0 Å². The van der Waals surface area contributed by atoms with E-state index in [1.54, 1.807) is 17.0 Å². The number of aryl methyl sites for hydroxylation is 1. The third kappa shape index (κ3) is 4.52. The SMILES string of the molecule is Cc1ccc(S(=O)(=O)N(CC(=O)N2CCC[C@H](C)C2)c2ccc(F)cc2)cc1. The van der Waals surface area contributed by atoms with Gasteiger partial charge in [0.2, 0.25) is 5.91 Å². The third-order valence-corrected chi connectivity index (χ3v) is 6.80. The number of likely N-dealkylation sites (tertiary alicyclic amines) is 1. The lowest BCUT2D eigenvalue weighted by atomic mass is 10.0. The number of benzene rings is 2. The first kappa shape index (κ1) is 20.3. The van der Waals surface area contributed by atoms with E-state index in [0.717, 1.165) is 22.7 Å². The van der Waals surface area contributed by atoms with E-state index < -0.39 is 15.8 Å². The van der Waals surface area contributed by atoms with Crippen LogP contribution in [-0.4, -0.2) is 38.9 Å². The molecule has 1 aliphatic rings. The van der Waals surface area contributed by atoms with Crippen LogP contribution in [0.2, 0.25) is 0 Å². The number of rotatable bonds is 5. The molecular formula is C21H25FN2O3S. The Morgan fingerprint density at radius 3 is 2.39 bits per heavy atom. The van der Waals surface area contributed by atoms with Gasteiger partial charge in [-0.15, -0.1) is 0 Å². The molecule has 1 amide bonds. The Morgan fingerprint density at radius 1 is 1.14 bits per heavy atom. The standard InChI is InChI=1S/C21H25FN2O3S/c1-16-5-11-20(12-6-16)28(26,27)24(19-9-7-18(22)8-10-19)15-21(25)23-13-3-4-17(2)14-23/h5-12,17H,3-4,13-15H2,1-2H3/t17-/m0/s1. The van der Waals surface area contributed by atoms with Gasteiger partial charge in [-0.1, -0.05) is 24.6 Å². The van der Waals surface area contributed by atoms with Crippen molar-refractivity contribution in [2.45, 2.75) is 31.6 Å². The monoisotopic (exact) mass is 404 g/mol. The molecule has 1 heterocycles. The van der Waals surface area contributed by atoms with Crippen LogP contribution in [0, 0.1) is 18.7 Å². The number of carbonyl (C=O) groups is 1. The van der Waals surface area contributed by atoms with Gasteiger partial charge in [-0.05, 0) is 62.1 Å². The first-order chi connectivity index (χ1) is 13.3. The topological polar surface area (TPSA) is 57.7 Å². The van der Waals surface area contributed by atoms with E-state index in [2.05, 4.69) is 6.92 Å². The average Bonchev–Trinajstić information content (AvgIpc) is 2.67. The fourth-order valence-electron chi connectivity index (χ4n) is 3.40. The van der Waals surface area contributed by atoms with E-state index in [4.69, 9.17) is 0 Å². The molecule has 1 saturated heterocycles. The Balaban J connectivity index is 1.94. The lowest BCUT2D eigenvalue weighted by molar-refractivity contribution is -0.131. The minimum Gasteiger partial charge on any atom is -0.341 e. The zero-order chi connectivity index (χ0) is 20.3. The van der Waals surface area contributed by atoms with Crippen molar-refractivity contribution in [1.29, 1.82) is 0 Å². The van der Waals surface area contributed by atoms with Crippen molar-refractivity contribution >= 4 is 21.6 Å². The van der Waals surface area contributed by atoms with E-state index in [9.17, 15) is 17.6 Å². The number of nitrogens with zero attached hydrogens (tertiary/aromatic N) is 2. The number of anilines is 1. The highest BCUT2D eigenvalue weighted by Crippen LogP contribution is 2.25. The molecule has 150 valence electrons. The highest BCUT2D eigenvalue weighted by molar-refractivity contribution is 7.92. The second kappa shape index (κ2) is 8.31. The van der Waals surface area contributed by atoms with Gasteiger partial charge in [0.15, 0.2) is 0 Å². The Labute approximate surface area is 165 Å². The lowest BCUT2D eigenvalue weighted by Crippen LogP contribution is -2.46. The fraction of sp³-hybridized carbons (Fsp3) is 0.381. The molecule has 0 aromatic heterocycles. The molecule has 1 atom stereocenters. The van der Waals surface area contributed by atoms with Gasteiger partial charge in [0.25, 0.3) is 10.0 Å². The van der Waals surface area contributed by atoms with Gasteiger partial charge in [0.1, 0.15) is 12.4 Å². The third-order valence-electron chi connectivity index (χ3n) is 5.01. The van der Waals surface area contributed by atoms with Crippen LogP contribution < -0.4 is 4.31 Å². The molecule has 0 bridgehead atoms. The van der Waals surface area contributed by atoms with Crippen molar-refractivity contribution in [2.75, 3.05) is 23.9 Å². The van der Waals surface area contributed by atoms with Gasteiger partial charge in [-0.25, -0.2) is 12.8 Å². The van der Waals surface area contributed by atoms with E-state index in [1.165, 1.54) is 36.4 Å². The minimum atomic E-state index is -3.97. The Hall–Kier alpha value is -2.41. The maximum Gasteiger partial charge on any atom is 0.264 e. The van der Waals surface area contributed by atoms with Crippen molar-refractivity contribution in [2.24, 2.45) is 5.92 Å². The maximum atomic E-state index is 13.4. The molecular weight excluding hydrogens is 379 g/mol. The molecule has 0 N–H and O–H groups in total. The van der Waals surface area contributed by atoms with Crippen molar-refractivity contribution in [1.82, 2.24) is 4.90 Å². The summed E-state index contributed by atoms with van der Waals surface area (Å²) in [5.74, 6) is -0.315. The highest BCUT2D eigenvalue weighted by Gasteiger charge is 2.30. The van der Waals surface area contributed by atoms with Crippen LogP contribution in [0.4, 0.5) is 10.1 Å². The van der Waals surface area contributed by atoms with Crippen LogP contribution in [0.15, 0.2) is 53.4 Å². The van der Waals surface area contributed by atoms with Gasteiger partial charge < -0.3 is 4.90 Å². The van der Waals surface area contributed by atoms with Gasteiger partial charge >= 0.3 is 0 Å². The largest absolute Gasteiger partial charge is 0.341 e. The number of piperidine rings is 1. The summed E-state index contributed by atoms with van der Waals surface area (Å²) in [6, 6.07) is 11.6. The Bertz CT molecular complexity index is 927. The Morgan fingerprint density at radius 2 is 1.79 bits per heavy atom. The van der Waals surface area contributed by atoms with E-state index in [1.807, 2.05) is 6.92 Å². The van der Waals surface area contributed by atoms with Crippen LogP contribution in [0.5, 0.6) is 0 Å². The molecule has 3 rings (SSSR count). The van der Waals surface area contributed by atoms with E-state index in [-0.39, 0.29) is 23.0 Å². The first-order valence-electron chi connectivity index (χ1n) is 9.40. The molecule has 5 nitrogen and oxygen atoms in total. The molecule has 2 aromatic rings. The molecule has 1 fully saturated rings. The van der Waals surface area contributed by atoms with Gasteiger partial charge in [0, 0.05) is 13.1 Å². The minimum absolute atomic E-state index is 0.0993. The number of amides is 1. The van der Waals surface area contributed by atoms with Gasteiger partial charge in [-0.3, -0.25) is 9.10 Å². The number of sulfonamides is 1.